The molecule has 4 rings (SSSR count). The first-order valence-electron chi connectivity index (χ1n) is 9.50. The topological polar surface area (TPSA) is 71.1 Å². The highest BCUT2D eigenvalue weighted by Crippen LogP contribution is 2.40. The zero-order chi connectivity index (χ0) is 19.8. The second kappa shape index (κ2) is 7.22. The summed E-state index contributed by atoms with van der Waals surface area (Å²) in [6.45, 7) is 5.32. The highest BCUT2D eigenvalue weighted by atomic mass is 16.5. The lowest BCUT2D eigenvalue weighted by atomic mass is 9.95. The van der Waals surface area contributed by atoms with Crippen molar-refractivity contribution in [2.24, 2.45) is 5.92 Å². The fourth-order valence-corrected chi connectivity index (χ4v) is 3.88. The van der Waals surface area contributed by atoms with Crippen LogP contribution in [0, 0.1) is 5.92 Å². The number of urea groups is 1. The van der Waals surface area contributed by atoms with E-state index in [0.29, 0.717) is 36.1 Å². The number of methoxy groups -OCH3 is 2. The van der Waals surface area contributed by atoms with Crippen LogP contribution in [0.15, 0.2) is 42.1 Å². The van der Waals surface area contributed by atoms with E-state index in [1.165, 1.54) is 12.8 Å². The van der Waals surface area contributed by atoms with Crippen LogP contribution in [0.3, 0.4) is 0 Å². The molecule has 1 fully saturated rings. The molecule has 0 unspecified atom stereocenters. The molecule has 1 aromatic rings. The lowest BCUT2D eigenvalue weighted by Gasteiger charge is -2.33. The average Bonchev–Trinajstić information content (AvgIpc) is 3.46. The van der Waals surface area contributed by atoms with Crippen molar-refractivity contribution < 1.29 is 19.1 Å². The van der Waals surface area contributed by atoms with Gasteiger partial charge in [0.2, 0.25) is 0 Å². The molecule has 1 atom stereocenters. The van der Waals surface area contributed by atoms with E-state index in [2.05, 4.69) is 11.9 Å². The zero-order valence-electron chi connectivity index (χ0n) is 16.2. The van der Waals surface area contributed by atoms with Crippen molar-refractivity contribution in [3.8, 4) is 11.5 Å². The van der Waals surface area contributed by atoms with Gasteiger partial charge in [-0.2, -0.15) is 0 Å². The zero-order valence-corrected chi connectivity index (χ0v) is 16.2. The minimum Gasteiger partial charge on any atom is -0.497 e. The molecular formula is C21H25N3O4. The Morgan fingerprint density at radius 1 is 1.18 bits per heavy atom. The first-order valence-corrected chi connectivity index (χ1v) is 9.50. The highest BCUT2D eigenvalue weighted by Gasteiger charge is 2.44. The van der Waals surface area contributed by atoms with Crippen molar-refractivity contribution in [1.29, 1.82) is 0 Å². The number of nitrogens with zero attached hydrogens (tertiary/aromatic N) is 2. The number of hydrogen-bond acceptors (Lipinski definition) is 4. The van der Waals surface area contributed by atoms with Crippen molar-refractivity contribution in [3.63, 3.8) is 0 Å². The van der Waals surface area contributed by atoms with Crippen LogP contribution in [0.2, 0.25) is 0 Å². The predicted octanol–water partition coefficient (Wildman–Crippen LogP) is 2.46. The number of nitrogens with one attached hydrogen (secondary N) is 1. The van der Waals surface area contributed by atoms with Crippen LogP contribution in [0.25, 0.3) is 0 Å². The summed E-state index contributed by atoms with van der Waals surface area (Å²) in [6.07, 6.45) is 4.00. The standard InChI is InChI=1S/C21H25N3O4/c1-4-7-24-17-12-23(11-13-5-6-13)20(25)18(17)19(22-21(24)26)14-8-15(27-2)10-16(9-14)28-3/h4,8-10,13,19H,1,5-7,11-12H2,2-3H3,(H,22,26)/t19-/m0/s1. The Morgan fingerprint density at radius 2 is 1.86 bits per heavy atom. The van der Waals surface area contributed by atoms with Gasteiger partial charge in [0.1, 0.15) is 11.5 Å². The lowest BCUT2D eigenvalue weighted by molar-refractivity contribution is -0.126. The molecule has 0 radical (unpaired) electrons. The third kappa shape index (κ3) is 3.21. The summed E-state index contributed by atoms with van der Waals surface area (Å²) in [4.78, 5) is 29.5. The second-order valence-corrected chi connectivity index (χ2v) is 7.42. The van der Waals surface area contributed by atoms with Crippen LogP contribution in [-0.4, -0.2) is 55.6 Å². The second-order valence-electron chi connectivity index (χ2n) is 7.42. The molecule has 1 saturated carbocycles. The monoisotopic (exact) mass is 383 g/mol. The molecule has 0 saturated heterocycles. The minimum atomic E-state index is -0.538. The van der Waals surface area contributed by atoms with E-state index in [4.69, 9.17) is 9.47 Å². The van der Waals surface area contributed by atoms with Gasteiger partial charge in [-0.15, -0.1) is 6.58 Å². The smallest absolute Gasteiger partial charge is 0.322 e. The number of hydrogen-bond donors (Lipinski definition) is 1. The normalized spacial score (nSPS) is 21.6. The number of carbonyl (C=O) groups excluding carboxylic acids is 2. The molecule has 3 amide bonds. The summed E-state index contributed by atoms with van der Waals surface area (Å²) < 4.78 is 10.7. The van der Waals surface area contributed by atoms with E-state index < -0.39 is 6.04 Å². The Balaban J connectivity index is 1.75. The molecule has 2 heterocycles. The molecule has 0 bridgehead atoms. The quantitative estimate of drug-likeness (QED) is 0.735. The Morgan fingerprint density at radius 3 is 2.43 bits per heavy atom. The van der Waals surface area contributed by atoms with E-state index in [9.17, 15) is 9.59 Å². The van der Waals surface area contributed by atoms with Crippen molar-refractivity contribution in [2.45, 2.75) is 18.9 Å². The maximum Gasteiger partial charge on any atom is 0.322 e. The minimum absolute atomic E-state index is 0.0113. The number of rotatable bonds is 7. The van der Waals surface area contributed by atoms with Crippen molar-refractivity contribution >= 4 is 11.9 Å². The Kier molecular flexibility index (Phi) is 4.75. The number of carbonyl (C=O) groups is 2. The summed E-state index contributed by atoms with van der Waals surface area (Å²) in [5.74, 6) is 1.79. The predicted molar refractivity (Wildman–Crippen MR) is 104 cm³/mol. The maximum absolute atomic E-state index is 13.3. The van der Waals surface area contributed by atoms with Crippen LogP contribution in [0.4, 0.5) is 4.79 Å². The molecule has 1 aliphatic carbocycles. The largest absolute Gasteiger partial charge is 0.497 e. The Labute approximate surface area is 164 Å². The first-order chi connectivity index (χ1) is 13.5. The van der Waals surface area contributed by atoms with Gasteiger partial charge in [0.15, 0.2) is 0 Å². The average molecular weight is 383 g/mol. The Hall–Kier alpha value is -2.96. The van der Waals surface area contributed by atoms with Gasteiger partial charge < -0.3 is 19.7 Å². The molecule has 1 aromatic carbocycles. The molecule has 3 aliphatic rings. The Bertz CT molecular complexity index is 837. The number of ether oxygens (including phenoxy) is 2. The van der Waals surface area contributed by atoms with E-state index >= 15 is 0 Å². The van der Waals surface area contributed by atoms with Crippen LogP contribution in [-0.2, 0) is 4.79 Å². The molecule has 1 N–H and O–H groups in total. The van der Waals surface area contributed by atoms with Crippen LogP contribution in [0.5, 0.6) is 11.5 Å². The van der Waals surface area contributed by atoms with Gasteiger partial charge in [-0.25, -0.2) is 4.79 Å². The first kappa shape index (κ1) is 18.4. The fraction of sp³-hybridized carbons (Fsp3) is 0.429. The van der Waals surface area contributed by atoms with Gasteiger partial charge in [0.05, 0.1) is 38.1 Å². The third-order valence-corrected chi connectivity index (χ3v) is 5.49. The molecule has 0 spiro atoms. The molecule has 2 aliphatic heterocycles. The SMILES string of the molecule is C=CCN1C(=O)N[C@@H](c2cc(OC)cc(OC)c2)C2=C1CN(CC1CC1)C2=O. The highest BCUT2D eigenvalue weighted by molar-refractivity contribution is 6.01. The van der Waals surface area contributed by atoms with Gasteiger partial charge in [-0.05, 0) is 36.5 Å². The molecule has 28 heavy (non-hydrogen) atoms. The summed E-state index contributed by atoms with van der Waals surface area (Å²) in [6, 6.07) is 4.66. The molecule has 7 heteroatoms. The molecular weight excluding hydrogens is 358 g/mol. The van der Waals surface area contributed by atoms with Gasteiger partial charge in [0, 0.05) is 19.2 Å². The van der Waals surface area contributed by atoms with Crippen molar-refractivity contribution in [3.05, 3.63) is 47.7 Å². The number of amides is 3. The summed E-state index contributed by atoms with van der Waals surface area (Å²) >= 11 is 0. The third-order valence-electron chi connectivity index (χ3n) is 5.49. The van der Waals surface area contributed by atoms with E-state index in [1.54, 1.807) is 31.3 Å². The van der Waals surface area contributed by atoms with Crippen LogP contribution >= 0.6 is 0 Å². The van der Waals surface area contributed by atoms with Gasteiger partial charge in [0.25, 0.3) is 5.91 Å². The van der Waals surface area contributed by atoms with Crippen molar-refractivity contribution in [2.75, 3.05) is 33.9 Å². The van der Waals surface area contributed by atoms with Crippen LogP contribution in [0.1, 0.15) is 24.4 Å². The summed E-state index contributed by atoms with van der Waals surface area (Å²) in [5, 5.41) is 2.98. The van der Waals surface area contributed by atoms with Crippen LogP contribution < -0.4 is 14.8 Å². The van der Waals surface area contributed by atoms with E-state index in [0.717, 1.165) is 17.8 Å². The summed E-state index contributed by atoms with van der Waals surface area (Å²) in [7, 11) is 3.15. The number of benzene rings is 1. The van der Waals surface area contributed by atoms with Gasteiger partial charge in [-0.3, -0.25) is 9.69 Å². The van der Waals surface area contributed by atoms with Gasteiger partial charge >= 0.3 is 6.03 Å². The molecule has 7 nitrogen and oxygen atoms in total. The van der Waals surface area contributed by atoms with Gasteiger partial charge in [-0.1, -0.05) is 6.08 Å². The lowest BCUT2D eigenvalue weighted by Crippen LogP contribution is -2.47. The van der Waals surface area contributed by atoms with Crippen molar-refractivity contribution in [1.82, 2.24) is 15.1 Å². The maximum atomic E-state index is 13.3. The fourth-order valence-electron chi connectivity index (χ4n) is 3.88. The summed E-state index contributed by atoms with van der Waals surface area (Å²) in [5.41, 5.74) is 2.15. The molecule has 0 aromatic heterocycles. The van der Waals surface area contributed by atoms with E-state index in [1.807, 2.05) is 17.0 Å². The van der Waals surface area contributed by atoms with E-state index in [-0.39, 0.29) is 11.9 Å². The molecule has 148 valence electrons.